The zero-order valence-corrected chi connectivity index (χ0v) is 13.7. The number of ether oxygens (including phenoxy) is 1. The lowest BCUT2D eigenvalue weighted by Gasteiger charge is -2.31. The van der Waals surface area contributed by atoms with Crippen molar-refractivity contribution in [2.45, 2.75) is 31.8 Å². The fourth-order valence-corrected chi connectivity index (χ4v) is 3.00. The van der Waals surface area contributed by atoms with Gasteiger partial charge in [0.1, 0.15) is 5.78 Å². The number of nitrogens with zero attached hydrogens (tertiary/aromatic N) is 1. The molecule has 24 heavy (non-hydrogen) atoms. The van der Waals surface area contributed by atoms with Crippen molar-refractivity contribution >= 4 is 17.6 Å². The number of ketones is 1. The molecule has 4 heteroatoms. The number of rotatable bonds is 5. The Bertz CT molecular complexity index is 783. The van der Waals surface area contributed by atoms with Crippen molar-refractivity contribution in [3.63, 3.8) is 0 Å². The third-order valence-corrected chi connectivity index (χ3v) is 4.32. The van der Waals surface area contributed by atoms with Crippen molar-refractivity contribution in [2.24, 2.45) is 4.99 Å². The van der Waals surface area contributed by atoms with Gasteiger partial charge < -0.3 is 9.53 Å². The van der Waals surface area contributed by atoms with Crippen molar-refractivity contribution in [1.82, 2.24) is 0 Å². The summed E-state index contributed by atoms with van der Waals surface area (Å²) in [5.74, 6) is -0.410. The van der Waals surface area contributed by atoms with Crippen molar-refractivity contribution in [2.75, 3.05) is 0 Å². The second-order valence-corrected chi connectivity index (χ2v) is 6.17. The van der Waals surface area contributed by atoms with Gasteiger partial charge in [0.05, 0.1) is 0 Å². The van der Waals surface area contributed by atoms with E-state index in [0.29, 0.717) is 5.90 Å². The lowest BCUT2D eigenvalue weighted by Crippen LogP contribution is -2.41. The molecular formula is C20H19NO3. The number of benzene rings is 2. The third kappa shape index (κ3) is 3.00. The van der Waals surface area contributed by atoms with Crippen LogP contribution in [0, 0.1) is 0 Å². The molecule has 0 unspecified atom stereocenters. The molecule has 4 nitrogen and oxygen atoms in total. The molecule has 0 aromatic heterocycles. The first-order valence-corrected chi connectivity index (χ1v) is 7.92. The highest BCUT2D eigenvalue weighted by molar-refractivity contribution is 6.09. The predicted molar refractivity (Wildman–Crippen MR) is 92.0 cm³/mol. The Balaban J connectivity index is 1.96. The molecule has 1 aliphatic heterocycles. The van der Waals surface area contributed by atoms with E-state index in [1.165, 1.54) is 6.92 Å². The van der Waals surface area contributed by atoms with Crippen LogP contribution in [0.15, 0.2) is 65.7 Å². The molecule has 1 amide bonds. The number of amides is 1. The Morgan fingerprint density at radius 1 is 1.08 bits per heavy atom. The molecule has 122 valence electrons. The van der Waals surface area contributed by atoms with E-state index in [4.69, 9.17) is 4.74 Å². The van der Waals surface area contributed by atoms with Crippen LogP contribution < -0.4 is 0 Å². The molecule has 1 heterocycles. The van der Waals surface area contributed by atoms with Crippen LogP contribution in [0.3, 0.4) is 0 Å². The smallest absolute Gasteiger partial charge is 0.293 e. The van der Waals surface area contributed by atoms with Gasteiger partial charge in [-0.1, -0.05) is 48.5 Å². The fraction of sp³-hybridized carbons (Fsp3) is 0.250. The molecule has 2 aromatic carbocycles. The molecule has 2 aromatic rings. The summed E-state index contributed by atoms with van der Waals surface area (Å²) in [7, 11) is 0. The van der Waals surface area contributed by atoms with E-state index < -0.39 is 5.60 Å². The summed E-state index contributed by atoms with van der Waals surface area (Å²) in [5.41, 5.74) is 0.468. The van der Waals surface area contributed by atoms with Gasteiger partial charge in [-0.3, -0.25) is 4.79 Å². The number of hydrogen-bond donors (Lipinski definition) is 0. The zero-order valence-electron chi connectivity index (χ0n) is 13.7. The van der Waals surface area contributed by atoms with Gasteiger partial charge in [-0.2, -0.15) is 4.99 Å². The minimum absolute atomic E-state index is 0.00893. The average Bonchev–Trinajstić information content (AvgIpc) is 2.90. The molecule has 0 fully saturated rings. The second-order valence-electron chi connectivity index (χ2n) is 6.17. The SMILES string of the molecule is CC(=O)C[C@@H](c1ccccc1)[C@]1(C)OC(c2ccccc2)=NC1=O. The van der Waals surface area contributed by atoms with Crippen LogP contribution in [0.5, 0.6) is 0 Å². The van der Waals surface area contributed by atoms with E-state index in [-0.39, 0.29) is 24.0 Å². The molecule has 0 spiro atoms. The average molecular weight is 321 g/mol. The van der Waals surface area contributed by atoms with Gasteiger partial charge in [0.2, 0.25) is 5.90 Å². The predicted octanol–water partition coefficient (Wildman–Crippen LogP) is 3.51. The van der Waals surface area contributed by atoms with E-state index in [2.05, 4.69) is 4.99 Å². The second kappa shape index (κ2) is 6.40. The highest BCUT2D eigenvalue weighted by atomic mass is 16.5. The van der Waals surface area contributed by atoms with Gasteiger partial charge in [0, 0.05) is 17.9 Å². The summed E-state index contributed by atoms with van der Waals surface area (Å²) in [6.45, 7) is 3.24. The number of aliphatic imine (C=N–C) groups is 1. The summed E-state index contributed by atoms with van der Waals surface area (Å²) >= 11 is 0. The summed E-state index contributed by atoms with van der Waals surface area (Å²) in [6, 6.07) is 18.8. The summed E-state index contributed by atoms with van der Waals surface area (Å²) < 4.78 is 6.01. The van der Waals surface area contributed by atoms with E-state index in [9.17, 15) is 9.59 Å². The van der Waals surface area contributed by atoms with Gasteiger partial charge in [-0.15, -0.1) is 0 Å². The van der Waals surface area contributed by atoms with Crippen LogP contribution in [0.25, 0.3) is 0 Å². The Labute approximate surface area is 141 Å². The van der Waals surface area contributed by atoms with Crippen LogP contribution in [0.1, 0.15) is 37.3 Å². The number of carbonyl (C=O) groups excluding carboxylic acids is 2. The highest BCUT2D eigenvalue weighted by Gasteiger charge is 2.49. The zero-order chi connectivity index (χ0) is 17.2. The molecule has 0 aliphatic carbocycles. The van der Waals surface area contributed by atoms with E-state index >= 15 is 0 Å². The third-order valence-electron chi connectivity index (χ3n) is 4.32. The maximum absolute atomic E-state index is 12.7. The van der Waals surface area contributed by atoms with E-state index in [0.717, 1.165) is 11.1 Å². The van der Waals surface area contributed by atoms with Gasteiger partial charge in [0.25, 0.3) is 5.91 Å². The van der Waals surface area contributed by atoms with Crippen LogP contribution in [-0.4, -0.2) is 23.2 Å². The Morgan fingerprint density at radius 3 is 2.25 bits per heavy atom. The Hall–Kier alpha value is -2.75. The minimum atomic E-state index is -1.18. The monoisotopic (exact) mass is 321 g/mol. The van der Waals surface area contributed by atoms with Crippen molar-refractivity contribution in [3.05, 3.63) is 71.8 Å². The largest absolute Gasteiger partial charge is 0.460 e. The van der Waals surface area contributed by atoms with Crippen molar-refractivity contribution in [1.29, 1.82) is 0 Å². The number of Topliss-reactive ketones (excluding diaryl/α,β-unsaturated/α-hetero) is 1. The molecule has 0 N–H and O–H groups in total. The normalized spacial score (nSPS) is 21.1. The minimum Gasteiger partial charge on any atom is -0.460 e. The van der Waals surface area contributed by atoms with Crippen LogP contribution >= 0.6 is 0 Å². The topological polar surface area (TPSA) is 55.7 Å². The Kier molecular flexibility index (Phi) is 4.30. The van der Waals surface area contributed by atoms with Gasteiger partial charge in [-0.25, -0.2) is 0 Å². The lowest BCUT2D eigenvalue weighted by molar-refractivity contribution is -0.132. The van der Waals surface area contributed by atoms with Crippen LogP contribution in [0.4, 0.5) is 0 Å². The maximum atomic E-state index is 12.7. The Morgan fingerprint density at radius 2 is 1.67 bits per heavy atom. The quantitative estimate of drug-likeness (QED) is 0.847. The molecule has 0 saturated carbocycles. The maximum Gasteiger partial charge on any atom is 0.293 e. The first-order valence-electron chi connectivity index (χ1n) is 7.92. The first kappa shape index (κ1) is 16.1. The fourth-order valence-electron chi connectivity index (χ4n) is 3.00. The van der Waals surface area contributed by atoms with Crippen LogP contribution in [-0.2, 0) is 14.3 Å². The summed E-state index contributed by atoms with van der Waals surface area (Å²) in [6.07, 6.45) is 0.226. The number of hydrogen-bond acceptors (Lipinski definition) is 3. The van der Waals surface area contributed by atoms with Gasteiger partial charge in [-0.05, 0) is 31.5 Å². The lowest BCUT2D eigenvalue weighted by atomic mass is 9.79. The molecular weight excluding hydrogens is 302 g/mol. The van der Waals surface area contributed by atoms with E-state index in [1.807, 2.05) is 60.7 Å². The number of carbonyl (C=O) groups is 2. The van der Waals surface area contributed by atoms with Gasteiger partial charge in [0.15, 0.2) is 5.60 Å². The molecule has 0 bridgehead atoms. The van der Waals surface area contributed by atoms with Gasteiger partial charge >= 0.3 is 0 Å². The van der Waals surface area contributed by atoms with E-state index in [1.54, 1.807) is 6.92 Å². The summed E-state index contributed by atoms with van der Waals surface area (Å²) in [5, 5.41) is 0. The summed E-state index contributed by atoms with van der Waals surface area (Å²) in [4.78, 5) is 28.5. The molecule has 3 rings (SSSR count). The standard InChI is InChI=1S/C20H19NO3/c1-14(22)13-17(15-9-5-3-6-10-15)20(2)19(23)21-18(24-20)16-11-7-4-8-12-16/h3-12,17H,13H2,1-2H3/t17-,20-/m0/s1. The van der Waals surface area contributed by atoms with Crippen molar-refractivity contribution in [3.8, 4) is 0 Å². The molecule has 0 saturated heterocycles. The molecule has 2 atom stereocenters. The molecule has 0 radical (unpaired) electrons. The van der Waals surface area contributed by atoms with Crippen molar-refractivity contribution < 1.29 is 14.3 Å². The van der Waals surface area contributed by atoms with Crippen LogP contribution in [0.2, 0.25) is 0 Å². The highest BCUT2D eigenvalue weighted by Crippen LogP contribution is 2.39. The first-order chi connectivity index (χ1) is 11.5. The molecule has 1 aliphatic rings.